The number of thiazole rings is 1. The monoisotopic (exact) mass is 323 g/mol. The molecule has 1 saturated heterocycles. The van der Waals surface area contributed by atoms with Crippen molar-refractivity contribution >= 4 is 11.3 Å². The Balaban J connectivity index is 2.19. The van der Waals surface area contributed by atoms with Gasteiger partial charge in [-0.3, -0.25) is 4.90 Å². The average molecular weight is 323 g/mol. The first-order valence-electron chi connectivity index (χ1n) is 7.01. The van der Waals surface area contributed by atoms with Crippen molar-refractivity contribution in [3.63, 3.8) is 0 Å². The van der Waals surface area contributed by atoms with Crippen LogP contribution in [0.4, 0.5) is 13.2 Å². The number of nitrogens with one attached hydrogen (secondary N) is 1. The molecule has 0 radical (unpaired) electrons. The van der Waals surface area contributed by atoms with Gasteiger partial charge in [-0.05, 0) is 20.0 Å². The van der Waals surface area contributed by atoms with E-state index in [-0.39, 0.29) is 17.5 Å². The number of alkyl halides is 3. The van der Waals surface area contributed by atoms with Crippen LogP contribution in [0.1, 0.15) is 35.0 Å². The molecule has 8 heteroatoms. The molecule has 0 aliphatic carbocycles. The number of hydrogen-bond donors (Lipinski definition) is 1. The third-order valence-electron chi connectivity index (χ3n) is 3.29. The molecule has 2 heterocycles. The number of halogens is 3. The molecule has 4 nitrogen and oxygen atoms in total. The third kappa shape index (κ3) is 4.15. The highest BCUT2D eigenvalue weighted by molar-refractivity contribution is 7.11. The van der Waals surface area contributed by atoms with E-state index in [1.165, 1.54) is 0 Å². The number of morpholine rings is 1. The highest BCUT2D eigenvalue weighted by atomic mass is 32.1. The van der Waals surface area contributed by atoms with E-state index in [1.54, 1.807) is 7.05 Å². The number of hydrogen-bond acceptors (Lipinski definition) is 5. The highest BCUT2D eigenvalue weighted by Gasteiger charge is 2.38. The van der Waals surface area contributed by atoms with Crippen LogP contribution in [-0.4, -0.2) is 43.2 Å². The van der Waals surface area contributed by atoms with E-state index >= 15 is 0 Å². The zero-order valence-corrected chi connectivity index (χ0v) is 13.0. The molecular formula is C13H20F3N3OS. The number of ether oxygens (including phenoxy) is 1. The maximum atomic E-state index is 13.0. The van der Waals surface area contributed by atoms with Gasteiger partial charge in [0, 0.05) is 19.6 Å². The zero-order chi connectivity index (χ0) is 15.5. The Morgan fingerprint density at radius 1 is 1.48 bits per heavy atom. The smallest absolute Gasteiger partial charge is 0.368 e. The van der Waals surface area contributed by atoms with Crippen LogP contribution < -0.4 is 5.32 Å². The summed E-state index contributed by atoms with van der Waals surface area (Å²) in [7, 11) is 1.62. The minimum absolute atomic E-state index is 0.165. The lowest BCUT2D eigenvalue weighted by atomic mass is 10.2. The standard InChI is InChI=1S/C13H20F3N3OS/c1-3-4-19-5-6-20-9(8-19)12-18-11(13(14,15)16)10(21-12)7-17-2/h9,17H,3-8H2,1-2H3. The van der Waals surface area contributed by atoms with Gasteiger partial charge in [0.1, 0.15) is 11.1 Å². The molecule has 120 valence electrons. The van der Waals surface area contributed by atoms with Crippen molar-refractivity contribution in [3.05, 3.63) is 15.6 Å². The fraction of sp³-hybridized carbons (Fsp3) is 0.769. The summed E-state index contributed by atoms with van der Waals surface area (Å²) in [5.41, 5.74) is -0.784. The Labute approximate surface area is 126 Å². The summed E-state index contributed by atoms with van der Waals surface area (Å²) in [5, 5.41) is 3.19. The minimum Gasteiger partial charge on any atom is -0.368 e. The van der Waals surface area contributed by atoms with Crippen molar-refractivity contribution < 1.29 is 17.9 Å². The number of rotatable bonds is 5. The van der Waals surface area contributed by atoms with Gasteiger partial charge in [-0.25, -0.2) is 4.98 Å². The van der Waals surface area contributed by atoms with Gasteiger partial charge in [0.2, 0.25) is 0 Å². The molecule has 1 N–H and O–H groups in total. The van der Waals surface area contributed by atoms with E-state index in [2.05, 4.69) is 22.1 Å². The summed E-state index contributed by atoms with van der Waals surface area (Å²) in [6.45, 7) is 5.15. The van der Waals surface area contributed by atoms with Crippen molar-refractivity contribution in [3.8, 4) is 0 Å². The summed E-state index contributed by atoms with van der Waals surface area (Å²) in [6.07, 6.45) is -3.76. The quantitative estimate of drug-likeness (QED) is 0.904. The van der Waals surface area contributed by atoms with Gasteiger partial charge >= 0.3 is 6.18 Å². The first-order valence-corrected chi connectivity index (χ1v) is 7.82. The Morgan fingerprint density at radius 2 is 2.24 bits per heavy atom. The first kappa shape index (κ1) is 16.7. The third-order valence-corrected chi connectivity index (χ3v) is 4.43. The normalized spacial score (nSPS) is 20.9. The molecule has 0 bridgehead atoms. The fourth-order valence-electron chi connectivity index (χ4n) is 2.38. The molecule has 0 aromatic carbocycles. The van der Waals surface area contributed by atoms with Gasteiger partial charge < -0.3 is 10.1 Å². The van der Waals surface area contributed by atoms with Crippen LogP contribution in [0.15, 0.2) is 0 Å². The first-order chi connectivity index (χ1) is 9.95. The molecule has 21 heavy (non-hydrogen) atoms. The van der Waals surface area contributed by atoms with Crippen LogP contribution in [0.3, 0.4) is 0 Å². The van der Waals surface area contributed by atoms with Crippen molar-refractivity contribution in [1.82, 2.24) is 15.2 Å². The molecule has 1 unspecified atom stereocenters. The molecular weight excluding hydrogens is 303 g/mol. The average Bonchev–Trinajstić information content (AvgIpc) is 2.84. The van der Waals surface area contributed by atoms with Crippen molar-refractivity contribution in [2.75, 3.05) is 33.3 Å². The van der Waals surface area contributed by atoms with Gasteiger partial charge in [0.15, 0.2) is 5.69 Å². The number of aromatic nitrogens is 1. The van der Waals surface area contributed by atoms with Crippen molar-refractivity contribution in [2.24, 2.45) is 0 Å². The number of nitrogens with zero attached hydrogens (tertiary/aromatic N) is 2. The highest BCUT2D eigenvalue weighted by Crippen LogP contribution is 2.37. The van der Waals surface area contributed by atoms with E-state index in [0.717, 1.165) is 30.8 Å². The molecule has 1 aromatic heterocycles. The lowest BCUT2D eigenvalue weighted by Gasteiger charge is -2.31. The summed E-state index contributed by atoms with van der Waals surface area (Å²) >= 11 is 1.09. The molecule has 1 aromatic rings. The van der Waals surface area contributed by atoms with Crippen LogP contribution in [0, 0.1) is 0 Å². The van der Waals surface area contributed by atoms with E-state index in [0.29, 0.717) is 18.2 Å². The van der Waals surface area contributed by atoms with Crippen LogP contribution in [-0.2, 0) is 17.5 Å². The van der Waals surface area contributed by atoms with Crippen LogP contribution in [0.25, 0.3) is 0 Å². The van der Waals surface area contributed by atoms with Crippen molar-refractivity contribution in [1.29, 1.82) is 0 Å². The van der Waals surface area contributed by atoms with Crippen LogP contribution in [0.5, 0.6) is 0 Å². The molecule has 1 fully saturated rings. The lowest BCUT2D eigenvalue weighted by molar-refractivity contribution is -0.141. The Morgan fingerprint density at radius 3 is 2.86 bits per heavy atom. The Kier molecular flexibility index (Phi) is 5.59. The van der Waals surface area contributed by atoms with E-state index in [4.69, 9.17) is 4.74 Å². The second-order valence-corrected chi connectivity index (χ2v) is 6.13. The van der Waals surface area contributed by atoms with Gasteiger partial charge in [0.05, 0.1) is 11.5 Å². The van der Waals surface area contributed by atoms with E-state index in [9.17, 15) is 13.2 Å². The second kappa shape index (κ2) is 7.04. The van der Waals surface area contributed by atoms with Gasteiger partial charge in [-0.15, -0.1) is 11.3 Å². The molecule has 2 rings (SSSR count). The van der Waals surface area contributed by atoms with Gasteiger partial charge in [0.25, 0.3) is 0 Å². The largest absolute Gasteiger partial charge is 0.434 e. The maximum Gasteiger partial charge on any atom is 0.434 e. The zero-order valence-electron chi connectivity index (χ0n) is 12.2. The van der Waals surface area contributed by atoms with Gasteiger partial charge in [-0.1, -0.05) is 6.92 Å². The molecule has 0 spiro atoms. The summed E-state index contributed by atoms with van der Waals surface area (Å²) in [4.78, 5) is 6.25. The Hall–Kier alpha value is -0.700. The fourth-order valence-corrected chi connectivity index (χ4v) is 3.52. The minimum atomic E-state index is -4.42. The van der Waals surface area contributed by atoms with Crippen molar-refractivity contribution in [2.45, 2.75) is 32.2 Å². The van der Waals surface area contributed by atoms with E-state index in [1.807, 2.05) is 0 Å². The molecule has 1 aliphatic heterocycles. The van der Waals surface area contributed by atoms with Gasteiger partial charge in [-0.2, -0.15) is 13.2 Å². The predicted molar refractivity (Wildman–Crippen MR) is 75.3 cm³/mol. The predicted octanol–water partition coefficient (Wildman–Crippen LogP) is 2.66. The lowest BCUT2D eigenvalue weighted by Crippen LogP contribution is -2.38. The Bertz CT molecular complexity index is 462. The molecule has 0 saturated carbocycles. The summed E-state index contributed by atoms with van der Waals surface area (Å²) in [6, 6.07) is 0. The summed E-state index contributed by atoms with van der Waals surface area (Å²) in [5.74, 6) is 0. The summed E-state index contributed by atoms with van der Waals surface area (Å²) < 4.78 is 44.7. The molecule has 1 atom stereocenters. The molecule has 0 amide bonds. The van der Waals surface area contributed by atoms with E-state index < -0.39 is 11.9 Å². The topological polar surface area (TPSA) is 37.4 Å². The van der Waals surface area contributed by atoms with Crippen LogP contribution in [0.2, 0.25) is 0 Å². The van der Waals surface area contributed by atoms with Crippen LogP contribution >= 0.6 is 11.3 Å². The second-order valence-electron chi connectivity index (χ2n) is 5.01. The SMILES string of the molecule is CCCN1CCOC(c2nc(C(F)(F)F)c(CNC)s2)C1. The molecule has 1 aliphatic rings. The maximum absolute atomic E-state index is 13.0.